The smallest absolute Gasteiger partial charge is 0.101 e. The van der Waals surface area contributed by atoms with Crippen molar-refractivity contribution in [2.45, 2.75) is 258 Å². The molecule has 0 amide bonds. The maximum atomic E-state index is 2.72. The molecular weight excluding hydrogens is 556 g/mol. The molecule has 0 bridgehead atoms. The molecule has 46 heavy (non-hydrogen) atoms. The predicted molar refractivity (Wildman–Crippen MR) is 210 cm³/mol. The second-order valence-electron chi connectivity index (χ2n) is 15.4. The Morgan fingerprint density at radius 2 is 0.500 bits per heavy atom. The standard InChI is InChI=1S/C44H88N2/c1-4-7-10-13-16-18-20-21-22-23-24-25-27-29-32-35-38-41-46-43-42-45(40-37-34-31-15-12-9-6-3)44(46)39-36-33-30-28-26-19-17-14-11-8-5-2/h42-44H,4-41H2,1-3H3. The summed E-state index contributed by atoms with van der Waals surface area (Å²) in [5.41, 5.74) is 0. The minimum atomic E-state index is 0.639. The van der Waals surface area contributed by atoms with Crippen LogP contribution in [0.25, 0.3) is 0 Å². The molecule has 0 N–H and O–H groups in total. The molecule has 2 heteroatoms. The molecule has 1 atom stereocenters. The average Bonchev–Trinajstić information content (AvgIpc) is 3.45. The first-order valence-corrected chi connectivity index (χ1v) is 22.0. The first-order chi connectivity index (χ1) is 22.8. The fourth-order valence-corrected chi connectivity index (χ4v) is 7.60. The third-order valence-corrected chi connectivity index (χ3v) is 10.8. The van der Waals surface area contributed by atoms with Crippen molar-refractivity contribution in [3.8, 4) is 0 Å². The minimum Gasteiger partial charge on any atom is -0.356 e. The van der Waals surface area contributed by atoms with Crippen LogP contribution in [0.15, 0.2) is 12.4 Å². The van der Waals surface area contributed by atoms with Crippen molar-refractivity contribution < 1.29 is 0 Å². The monoisotopic (exact) mass is 645 g/mol. The van der Waals surface area contributed by atoms with E-state index in [0.717, 1.165) is 0 Å². The summed E-state index contributed by atoms with van der Waals surface area (Å²) in [4.78, 5) is 5.44. The van der Waals surface area contributed by atoms with Gasteiger partial charge in [-0.15, -0.1) is 0 Å². The highest BCUT2D eigenvalue weighted by atomic mass is 15.4. The van der Waals surface area contributed by atoms with Gasteiger partial charge < -0.3 is 9.80 Å². The minimum absolute atomic E-state index is 0.639. The zero-order valence-electron chi connectivity index (χ0n) is 32.5. The van der Waals surface area contributed by atoms with Crippen molar-refractivity contribution in [2.75, 3.05) is 13.1 Å². The Morgan fingerprint density at radius 3 is 0.761 bits per heavy atom. The molecule has 0 saturated carbocycles. The van der Waals surface area contributed by atoms with Crippen molar-refractivity contribution in [3.05, 3.63) is 12.4 Å². The summed E-state index contributed by atoms with van der Waals surface area (Å²) in [7, 11) is 0. The SMILES string of the molecule is CCCCCCCCCCCCCCCCCCCN1C=CN(CCCCCCCCC)C1CCCCCCCCCCCCC. The second kappa shape index (κ2) is 35.6. The fraction of sp³-hybridized carbons (Fsp3) is 0.955. The van der Waals surface area contributed by atoms with Gasteiger partial charge in [-0.1, -0.05) is 226 Å². The van der Waals surface area contributed by atoms with Gasteiger partial charge in [-0.25, -0.2) is 0 Å². The van der Waals surface area contributed by atoms with Crippen LogP contribution in [-0.4, -0.2) is 29.1 Å². The fourth-order valence-electron chi connectivity index (χ4n) is 7.60. The largest absolute Gasteiger partial charge is 0.356 e. The summed E-state index contributed by atoms with van der Waals surface area (Å²) >= 11 is 0. The lowest BCUT2D eigenvalue weighted by Gasteiger charge is -2.33. The molecule has 1 aliphatic heterocycles. The van der Waals surface area contributed by atoms with E-state index < -0.39 is 0 Å². The number of hydrogen-bond acceptors (Lipinski definition) is 2. The van der Waals surface area contributed by atoms with Crippen LogP contribution in [0.5, 0.6) is 0 Å². The number of unbranched alkanes of at least 4 members (excludes halogenated alkanes) is 32. The summed E-state index contributed by atoms with van der Waals surface area (Å²) < 4.78 is 0. The van der Waals surface area contributed by atoms with E-state index in [0.29, 0.717) is 6.17 Å². The van der Waals surface area contributed by atoms with E-state index in [2.05, 4.69) is 43.0 Å². The summed E-state index contributed by atoms with van der Waals surface area (Å²) in [6.45, 7) is 9.49. The van der Waals surface area contributed by atoms with E-state index >= 15 is 0 Å². The van der Waals surface area contributed by atoms with Crippen molar-refractivity contribution in [1.82, 2.24) is 9.80 Å². The van der Waals surface area contributed by atoms with Gasteiger partial charge in [-0.05, 0) is 25.7 Å². The van der Waals surface area contributed by atoms with Crippen molar-refractivity contribution in [1.29, 1.82) is 0 Å². The molecule has 0 saturated heterocycles. The van der Waals surface area contributed by atoms with Gasteiger partial charge in [0, 0.05) is 25.5 Å². The van der Waals surface area contributed by atoms with Gasteiger partial charge in [-0.2, -0.15) is 0 Å². The van der Waals surface area contributed by atoms with Gasteiger partial charge in [0.25, 0.3) is 0 Å². The van der Waals surface area contributed by atoms with Gasteiger partial charge in [0.05, 0.1) is 0 Å². The molecule has 1 rings (SSSR count). The molecule has 0 aromatic carbocycles. The normalized spacial score (nSPS) is 14.7. The predicted octanol–water partition coefficient (Wildman–Crippen LogP) is 15.5. The van der Waals surface area contributed by atoms with E-state index in [1.807, 2.05) is 0 Å². The van der Waals surface area contributed by atoms with Crippen LogP contribution in [0, 0.1) is 0 Å². The Kier molecular flexibility index (Phi) is 33.6. The van der Waals surface area contributed by atoms with Crippen LogP contribution in [0.4, 0.5) is 0 Å². The Balaban J connectivity index is 2.14. The van der Waals surface area contributed by atoms with Crippen LogP contribution in [0.2, 0.25) is 0 Å². The summed E-state index contributed by atoms with van der Waals surface area (Å²) in [6.07, 6.45) is 57.4. The molecule has 0 aliphatic carbocycles. The van der Waals surface area contributed by atoms with E-state index in [1.54, 1.807) is 0 Å². The highest BCUT2D eigenvalue weighted by Crippen LogP contribution is 2.24. The molecular formula is C44H88N2. The molecule has 1 unspecified atom stereocenters. The zero-order valence-corrected chi connectivity index (χ0v) is 32.5. The van der Waals surface area contributed by atoms with E-state index in [-0.39, 0.29) is 0 Å². The van der Waals surface area contributed by atoms with Crippen LogP contribution in [-0.2, 0) is 0 Å². The lowest BCUT2D eigenvalue weighted by atomic mass is 10.0. The van der Waals surface area contributed by atoms with Crippen LogP contribution in [0.1, 0.15) is 252 Å². The molecule has 0 aromatic heterocycles. The topological polar surface area (TPSA) is 6.48 Å². The number of rotatable bonds is 38. The van der Waals surface area contributed by atoms with Crippen LogP contribution < -0.4 is 0 Å². The van der Waals surface area contributed by atoms with Gasteiger partial charge in [0.1, 0.15) is 6.17 Å². The van der Waals surface area contributed by atoms with E-state index in [1.165, 1.54) is 244 Å². The average molecular weight is 645 g/mol. The molecule has 0 aromatic rings. The van der Waals surface area contributed by atoms with Crippen LogP contribution in [0.3, 0.4) is 0 Å². The van der Waals surface area contributed by atoms with Crippen molar-refractivity contribution in [2.24, 2.45) is 0 Å². The highest BCUT2D eigenvalue weighted by molar-refractivity contribution is 4.97. The Labute approximate surface area is 292 Å². The van der Waals surface area contributed by atoms with Crippen LogP contribution >= 0.6 is 0 Å². The lowest BCUT2D eigenvalue weighted by molar-refractivity contribution is 0.135. The zero-order chi connectivity index (χ0) is 33.0. The Bertz CT molecular complexity index is 601. The molecule has 0 radical (unpaired) electrons. The molecule has 1 aliphatic rings. The maximum Gasteiger partial charge on any atom is 0.101 e. The maximum absolute atomic E-state index is 2.72. The van der Waals surface area contributed by atoms with E-state index in [9.17, 15) is 0 Å². The van der Waals surface area contributed by atoms with E-state index in [4.69, 9.17) is 0 Å². The quantitative estimate of drug-likeness (QED) is 0.0617. The second-order valence-corrected chi connectivity index (χ2v) is 15.4. The Morgan fingerprint density at radius 1 is 0.283 bits per heavy atom. The highest BCUT2D eigenvalue weighted by Gasteiger charge is 2.24. The van der Waals surface area contributed by atoms with Gasteiger partial charge in [0.2, 0.25) is 0 Å². The third kappa shape index (κ3) is 27.3. The molecule has 274 valence electrons. The summed E-state index contributed by atoms with van der Waals surface area (Å²) in [5.74, 6) is 0. The number of nitrogens with zero attached hydrogens (tertiary/aromatic N) is 2. The van der Waals surface area contributed by atoms with Gasteiger partial charge in [-0.3, -0.25) is 0 Å². The first kappa shape index (κ1) is 43.4. The summed E-state index contributed by atoms with van der Waals surface area (Å²) in [6, 6.07) is 0. The molecule has 2 nitrogen and oxygen atoms in total. The number of hydrogen-bond donors (Lipinski definition) is 0. The molecule has 0 spiro atoms. The molecule has 1 heterocycles. The third-order valence-electron chi connectivity index (χ3n) is 10.8. The first-order valence-electron chi connectivity index (χ1n) is 22.0. The Hall–Kier alpha value is -0.660. The van der Waals surface area contributed by atoms with Crippen molar-refractivity contribution >= 4 is 0 Å². The lowest BCUT2D eigenvalue weighted by Crippen LogP contribution is -2.39. The summed E-state index contributed by atoms with van der Waals surface area (Å²) in [5, 5.41) is 0. The van der Waals surface area contributed by atoms with Gasteiger partial charge >= 0.3 is 0 Å². The molecule has 0 fully saturated rings. The van der Waals surface area contributed by atoms with Crippen molar-refractivity contribution in [3.63, 3.8) is 0 Å². The van der Waals surface area contributed by atoms with Gasteiger partial charge in [0.15, 0.2) is 0 Å².